The normalized spacial score (nSPS) is 23.5. The predicted molar refractivity (Wildman–Crippen MR) is 130 cm³/mol. The van der Waals surface area contributed by atoms with Gasteiger partial charge in [0.2, 0.25) is 11.8 Å². The van der Waals surface area contributed by atoms with Crippen LogP contribution in [0.3, 0.4) is 0 Å². The van der Waals surface area contributed by atoms with E-state index < -0.39 is 0 Å². The molecule has 0 saturated carbocycles. The first-order valence-corrected chi connectivity index (χ1v) is 12.8. The molecule has 5 rings (SSSR count). The molecule has 7 nitrogen and oxygen atoms in total. The molecule has 3 aliphatic rings. The molecule has 1 unspecified atom stereocenters. The topological polar surface area (TPSA) is 79.3 Å². The molecule has 3 aliphatic heterocycles. The SMILES string of the molecule is CC(C)n1nc(C2CCC(=O)NC2=O)c2ccc(N3CCC(CC4CCNCC4)CC3)cc21. The van der Waals surface area contributed by atoms with Crippen LogP contribution in [-0.2, 0) is 9.59 Å². The first-order valence-electron chi connectivity index (χ1n) is 12.8. The summed E-state index contributed by atoms with van der Waals surface area (Å²) in [6.45, 7) is 8.84. The summed E-state index contributed by atoms with van der Waals surface area (Å²) < 4.78 is 2.04. The van der Waals surface area contributed by atoms with Gasteiger partial charge in [-0.05, 0) is 95.5 Å². The van der Waals surface area contributed by atoms with E-state index in [4.69, 9.17) is 5.10 Å². The van der Waals surface area contributed by atoms with Crippen molar-refractivity contribution < 1.29 is 9.59 Å². The fourth-order valence-corrected chi connectivity index (χ4v) is 5.97. The number of hydrogen-bond acceptors (Lipinski definition) is 5. The minimum atomic E-state index is -0.359. The lowest BCUT2D eigenvalue weighted by Crippen LogP contribution is -2.39. The lowest BCUT2D eigenvalue weighted by atomic mass is 9.83. The van der Waals surface area contributed by atoms with Gasteiger partial charge < -0.3 is 10.2 Å². The number of imide groups is 1. The highest BCUT2D eigenvalue weighted by Gasteiger charge is 2.32. The predicted octanol–water partition coefficient (Wildman–Crippen LogP) is 3.74. The quantitative estimate of drug-likeness (QED) is 0.677. The van der Waals surface area contributed by atoms with Crippen molar-refractivity contribution in [2.45, 2.75) is 70.8 Å². The zero-order chi connectivity index (χ0) is 22.9. The smallest absolute Gasteiger partial charge is 0.235 e. The number of carbonyl (C=O) groups excluding carboxylic acids is 2. The van der Waals surface area contributed by atoms with Crippen LogP contribution in [0.15, 0.2) is 18.2 Å². The van der Waals surface area contributed by atoms with Crippen LogP contribution in [0.2, 0.25) is 0 Å². The Balaban J connectivity index is 1.33. The van der Waals surface area contributed by atoms with Gasteiger partial charge in [0.15, 0.2) is 0 Å². The maximum absolute atomic E-state index is 12.5. The number of benzene rings is 1. The third-order valence-electron chi connectivity index (χ3n) is 7.88. The maximum Gasteiger partial charge on any atom is 0.235 e. The molecule has 178 valence electrons. The molecule has 1 aromatic carbocycles. The number of fused-ring (bicyclic) bond motifs is 1. The summed E-state index contributed by atoms with van der Waals surface area (Å²) in [5.74, 6) is 0.997. The van der Waals surface area contributed by atoms with E-state index in [0.717, 1.165) is 41.5 Å². The number of piperidine rings is 3. The van der Waals surface area contributed by atoms with Crippen molar-refractivity contribution in [2.75, 3.05) is 31.1 Å². The molecule has 3 fully saturated rings. The summed E-state index contributed by atoms with van der Waals surface area (Å²) in [6.07, 6.45) is 7.51. The highest BCUT2D eigenvalue weighted by atomic mass is 16.2. The van der Waals surface area contributed by atoms with Crippen LogP contribution in [0, 0.1) is 11.8 Å². The molecule has 4 heterocycles. The van der Waals surface area contributed by atoms with Gasteiger partial charge in [0, 0.05) is 36.6 Å². The second-order valence-corrected chi connectivity index (χ2v) is 10.5. The van der Waals surface area contributed by atoms with Crippen molar-refractivity contribution in [1.29, 1.82) is 0 Å². The average molecular weight is 452 g/mol. The Morgan fingerprint density at radius 3 is 2.45 bits per heavy atom. The molecule has 7 heteroatoms. The van der Waals surface area contributed by atoms with Gasteiger partial charge in [0.25, 0.3) is 0 Å². The third-order valence-corrected chi connectivity index (χ3v) is 7.88. The zero-order valence-corrected chi connectivity index (χ0v) is 20.0. The molecule has 3 saturated heterocycles. The molecular formula is C26H37N5O2. The van der Waals surface area contributed by atoms with Crippen molar-refractivity contribution in [1.82, 2.24) is 20.4 Å². The Morgan fingerprint density at radius 2 is 1.76 bits per heavy atom. The molecule has 33 heavy (non-hydrogen) atoms. The van der Waals surface area contributed by atoms with Crippen LogP contribution < -0.4 is 15.5 Å². The molecule has 2 aromatic rings. The second kappa shape index (κ2) is 9.45. The molecule has 1 atom stereocenters. The third kappa shape index (κ3) is 4.65. The van der Waals surface area contributed by atoms with E-state index in [-0.39, 0.29) is 23.8 Å². The Labute approximate surface area is 196 Å². The highest BCUT2D eigenvalue weighted by molar-refractivity contribution is 6.02. The number of rotatable bonds is 5. The van der Waals surface area contributed by atoms with E-state index >= 15 is 0 Å². The highest BCUT2D eigenvalue weighted by Crippen LogP contribution is 2.35. The number of amides is 2. The molecular weight excluding hydrogens is 414 g/mol. The van der Waals surface area contributed by atoms with Gasteiger partial charge in [0.1, 0.15) is 0 Å². The van der Waals surface area contributed by atoms with Crippen LogP contribution in [-0.4, -0.2) is 47.8 Å². The zero-order valence-electron chi connectivity index (χ0n) is 20.0. The number of carbonyl (C=O) groups is 2. The maximum atomic E-state index is 12.5. The van der Waals surface area contributed by atoms with Gasteiger partial charge in [-0.2, -0.15) is 5.10 Å². The first kappa shape index (κ1) is 22.4. The molecule has 0 aliphatic carbocycles. The van der Waals surface area contributed by atoms with E-state index in [0.29, 0.717) is 12.8 Å². The van der Waals surface area contributed by atoms with Crippen LogP contribution >= 0.6 is 0 Å². The summed E-state index contributed by atoms with van der Waals surface area (Å²) >= 11 is 0. The monoisotopic (exact) mass is 451 g/mol. The summed E-state index contributed by atoms with van der Waals surface area (Å²) in [6, 6.07) is 6.78. The van der Waals surface area contributed by atoms with Gasteiger partial charge in [-0.3, -0.25) is 19.6 Å². The summed E-state index contributed by atoms with van der Waals surface area (Å²) in [4.78, 5) is 26.7. The van der Waals surface area contributed by atoms with Gasteiger partial charge in [0.05, 0.1) is 17.1 Å². The van der Waals surface area contributed by atoms with E-state index in [2.05, 4.69) is 47.6 Å². The van der Waals surface area contributed by atoms with E-state index in [1.165, 1.54) is 50.9 Å². The van der Waals surface area contributed by atoms with Crippen LogP contribution in [0.25, 0.3) is 10.9 Å². The average Bonchev–Trinajstić information content (AvgIpc) is 3.19. The van der Waals surface area contributed by atoms with E-state index in [1.54, 1.807) is 0 Å². The molecule has 0 bridgehead atoms. The van der Waals surface area contributed by atoms with Gasteiger partial charge in [-0.1, -0.05) is 0 Å². The molecule has 1 aromatic heterocycles. The summed E-state index contributed by atoms with van der Waals surface area (Å²) in [5.41, 5.74) is 3.13. The van der Waals surface area contributed by atoms with Crippen molar-refractivity contribution >= 4 is 28.4 Å². The Morgan fingerprint density at radius 1 is 1.03 bits per heavy atom. The molecule has 0 radical (unpaired) electrons. The van der Waals surface area contributed by atoms with Gasteiger partial charge in [-0.15, -0.1) is 0 Å². The van der Waals surface area contributed by atoms with Crippen molar-refractivity contribution in [3.8, 4) is 0 Å². The largest absolute Gasteiger partial charge is 0.371 e. The van der Waals surface area contributed by atoms with Crippen LogP contribution in [0.5, 0.6) is 0 Å². The van der Waals surface area contributed by atoms with Gasteiger partial charge in [-0.25, -0.2) is 0 Å². The van der Waals surface area contributed by atoms with Crippen LogP contribution in [0.4, 0.5) is 5.69 Å². The van der Waals surface area contributed by atoms with Gasteiger partial charge >= 0.3 is 0 Å². The Kier molecular flexibility index (Phi) is 6.41. The van der Waals surface area contributed by atoms with E-state index in [9.17, 15) is 9.59 Å². The fourth-order valence-electron chi connectivity index (χ4n) is 5.97. The standard InChI is InChI=1S/C26H37N5O2/c1-17(2)31-23-16-20(30-13-9-19(10-14-30)15-18-7-11-27-12-8-18)3-4-21(23)25(29-31)22-5-6-24(32)28-26(22)33/h3-4,16-19,22,27H,5-15H2,1-2H3,(H,28,32,33). The Hall–Kier alpha value is -2.41. The summed E-state index contributed by atoms with van der Waals surface area (Å²) in [7, 11) is 0. The fraction of sp³-hybridized carbons (Fsp3) is 0.654. The minimum Gasteiger partial charge on any atom is -0.371 e. The Bertz CT molecular complexity index is 1020. The molecule has 2 amide bonds. The first-order chi connectivity index (χ1) is 16.0. The number of hydrogen-bond donors (Lipinski definition) is 2. The number of nitrogens with one attached hydrogen (secondary N) is 2. The summed E-state index contributed by atoms with van der Waals surface area (Å²) in [5, 5.41) is 11.9. The van der Waals surface area contributed by atoms with Crippen molar-refractivity contribution in [3.63, 3.8) is 0 Å². The second-order valence-electron chi connectivity index (χ2n) is 10.5. The number of aromatic nitrogens is 2. The molecule has 0 spiro atoms. The molecule has 2 N–H and O–H groups in total. The van der Waals surface area contributed by atoms with Crippen molar-refractivity contribution in [3.05, 3.63) is 23.9 Å². The van der Waals surface area contributed by atoms with E-state index in [1.807, 2.05) is 4.68 Å². The lowest BCUT2D eigenvalue weighted by molar-refractivity contribution is -0.134. The van der Waals surface area contributed by atoms with Crippen LogP contribution in [0.1, 0.15) is 76.4 Å². The lowest BCUT2D eigenvalue weighted by Gasteiger charge is -2.36. The number of anilines is 1. The van der Waals surface area contributed by atoms with Crippen molar-refractivity contribution in [2.24, 2.45) is 11.8 Å². The number of nitrogens with zero attached hydrogens (tertiary/aromatic N) is 3. The minimum absolute atomic E-state index is 0.185.